The Labute approximate surface area is 115 Å². The fourth-order valence-electron chi connectivity index (χ4n) is 2.54. The fourth-order valence-corrected chi connectivity index (χ4v) is 2.54. The van der Waals surface area contributed by atoms with Crippen LogP contribution in [0.4, 0.5) is 5.69 Å². The molecule has 3 N–H and O–H groups in total. The van der Waals surface area contributed by atoms with Crippen molar-refractivity contribution in [2.24, 2.45) is 0 Å². The second-order valence-electron chi connectivity index (χ2n) is 5.17. The smallest absolute Gasteiger partial charge is 0.141 e. The highest BCUT2D eigenvalue weighted by Crippen LogP contribution is 2.41. The summed E-state index contributed by atoms with van der Waals surface area (Å²) in [6, 6.07) is 7.75. The number of anilines is 1. The second kappa shape index (κ2) is 3.96. The summed E-state index contributed by atoms with van der Waals surface area (Å²) in [5, 5.41) is 9.81. The Kier molecular flexibility index (Phi) is 2.24. The molecule has 1 aromatic carbocycles. The van der Waals surface area contributed by atoms with Crippen molar-refractivity contribution in [3.05, 3.63) is 36.7 Å². The number of imidazole rings is 1. The Morgan fingerprint density at radius 3 is 2.85 bits per heavy atom. The molecule has 5 nitrogen and oxygen atoms in total. The maximum absolute atomic E-state index is 9.81. The molecule has 100 valence electrons. The molecule has 1 aliphatic rings. The minimum absolute atomic E-state index is 0.0926. The molecule has 0 saturated heterocycles. The summed E-state index contributed by atoms with van der Waals surface area (Å²) in [7, 11) is 0. The van der Waals surface area contributed by atoms with E-state index in [0.717, 1.165) is 22.4 Å². The molecule has 0 aliphatic heterocycles. The van der Waals surface area contributed by atoms with E-state index < -0.39 is 0 Å². The summed E-state index contributed by atoms with van der Waals surface area (Å²) in [6.07, 6.45) is 5.89. The van der Waals surface area contributed by atoms with Crippen LogP contribution in [0, 0.1) is 0 Å². The van der Waals surface area contributed by atoms with Crippen LogP contribution in [0.2, 0.25) is 0 Å². The number of nitrogen functional groups attached to an aromatic ring is 1. The molecular formula is C15H14N4O. The minimum atomic E-state index is 0.0926. The van der Waals surface area contributed by atoms with Crippen molar-refractivity contribution in [2.45, 2.75) is 18.9 Å². The zero-order valence-corrected chi connectivity index (χ0v) is 10.8. The lowest BCUT2D eigenvalue weighted by atomic mass is 10.2. The number of nitrogens with two attached hydrogens (primary N) is 1. The molecular weight excluding hydrogens is 252 g/mol. The fraction of sp³-hybridized carbons (Fsp3) is 0.200. The van der Waals surface area contributed by atoms with Gasteiger partial charge in [0.25, 0.3) is 0 Å². The standard InChI is InChI=1S/C15H14N4O/c16-11-4-1-9(7-14(11)20)15-18-12-8-17-6-5-13(12)19(15)10-2-3-10/h1,4-8,10,20H,2-3,16H2. The van der Waals surface area contributed by atoms with E-state index >= 15 is 0 Å². The van der Waals surface area contributed by atoms with Gasteiger partial charge in [0, 0.05) is 17.8 Å². The van der Waals surface area contributed by atoms with Gasteiger partial charge in [-0.15, -0.1) is 0 Å². The molecule has 3 aromatic rings. The number of aromatic nitrogens is 3. The highest BCUT2D eigenvalue weighted by molar-refractivity contribution is 5.81. The van der Waals surface area contributed by atoms with E-state index in [1.165, 1.54) is 12.8 Å². The first-order valence-electron chi connectivity index (χ1n) is 6.65. The van der Waals surface area contributed by atoms with Crippen LogP contribution in [0.1, 0.15) is 18.9 Å². The first-order chi connectivity index (χ1) is 9.74. The van der Waals surface area contributed by atoms with E-state index in [1.54, 1.807) is 24.5 Å². The highest BCUT2D eigenvalue weighted by Gasteiger charge is 2.28. The van der Waals surface area contributed by atoms with Crippen molar-refractivity contribution in [1.82, 2.24) is 14.5 Å². The van der Waals surface area contributed by atoms with Crippen molar-refractivity contribution < 1.29 is 5.11 Å². The van der Waals surface area contributed by atoms with E-state index in [9.17, 15) is 5.11 Å². The molecule has 0 unspecified atom stereocenters. The highest BCUT2D eigenvalue weighted by atomic mass is 16.3. The normalized spacial score (nSPS) is 14.8. The number of benzene rings is 1. The Morgan fingerprint density at radius 2 is 2.10 bits per heavy atom. The molecule has 1 saturated carbocycles. The topological polar surface area (TPSA) is 77.0 Å². The number of phenols is 1. The first-order valence-corrected chi connectivity index (χ1v) is 6.65. The molecule has 0 amide bonds. The van der Waals surface area contributed by atoms with Gasteiger partial charge < -0.3 is 15.4 Å². The lowest BCUT2D eigenvalue weighted by molar-refractivity contribution is 0.478. The third-order valence-corrected chi connectivity index (χ3v) is 3.69. The van der Waals surface area contributed by atoms with Gasteiger partial charge in [-0.3, -0.25) is 4.98 Å². The van der Waals surface area contributed by atoms with Crippen LogP contribution >= 0.6 is 0 Å². The maximum Gasteiger partial charge on any atom is 0.141 e. The van der Waals surface area contributed by atoms with Crippen molar-refractivity contribution in [1.29, 1.82) is 0 Å². The van der Waals surface area contributed by atoms with Crippen molar-refractivity contribution in [3.63, 3.8) is 0 Å². The lowest BCUT2D eigenvalue weighted by Gasteiger charge is -2.08. The summed E-state index contributed by atoms with van der Waals surface area (Å²) < 4.78 is 2.24. The SMILES string of the molecule is Nc1ccc(-c2nc3cnccc3n2C2CC2)cc1O. The predicted octanol–water partition coefficient (Wildman–Crippen LogP) is 2.72. The first kappa shape index (κ1) is 11.3. The van der Waals surface area contributed by atoms with Crippen LogP contribution in [0.15, 0.2) is 36.7 Å². The van der Waals surface area contributed by atoms with E-state index in [2.05, 4.69) is 14.5 Å². The molecule has 0 atom stereocenters. The Bertz CT molecular complexity index is 805. The van der Waals surface area contributed by atoms with E-state index in [4.69, 9.17) is 5.73 Å². The Balaban J connectivity index is 1.98. The number of fused-ring (bicyclic) bond motifs is 1. The summed E-state index contributed by atoms with van der Waals surface area (Å²) >= 11 is 0. The number of phenolic OH excluding ortho intramolecular Hbond substituents is 1. The van der Waals surface area contributed by atoms with Gasteiger partial charge in [-0.2, -0.15) is 0 Å². The van der Waals surface area contributed by atoms with Gasteiger partial charge >= 0.3 is 0 Å². The average Bonchev–Trinajstić information content (AvgIpc) is 3.22. The number of hydrogen-bond donors (Lipinski definition) is 2. The molecule has 4 rings (SSSR count). The molecule has 0 radical (unpaired) electrons. The van der Waals surface area contributed by atoms with E-state index in [-0.39, 0.29) is 5.75 Å². The van der Waals surface area contributed by atoms with Crippen molar-refractivity contribution in [2.75, 3.05) is 5.73 Å². The molecule has 1 fully saturated rings. The van der Waals surface area contributed by atoms with Crippen LogP contribution in [0.25, 0.3) is 22.4 Å². The van der Waals surface area contributed by atoms with Crippen molar-refractivity contribution in [3.8, 4) is 17.1 Å². The van der Waals surface area contributed by atoms with Gasteiger partial charge in [0.05, 0.1) is 17.4 Å². The summed E-state index contributed by atoms with van der Waals surface area (Å²) in [5.74, 6) is 0.959. The van der Waals surface area contributed by atoms with Gasteiger partial charge in [0.1, 0.15) is 17.1 Å². The Hall–Kier alpha value is -2.56. The summed E-state index contributed by atoms with van der Waals surface area (Å²) in [6.45, 7) is 0. The third-order valence-electron chi connectivity index (χ3n) is 3.69. The lowest BCUT2D eigenvalue weighted by Crippen LogP contribution is -1.97. The number of pyridine rings is 1. The van der Waals surface area contributed by atoms with Gasteiger partial charge in [-0.05, 0) is 37.1 Å². The zero-order chi connectivity index (χ0) is 13.7. The van der Waals surface area contributed by atoms with E-state index in [0.29, 0.717) is 11.7 Å². The largest absolute Gasteiger partial charge is 0.506 e. The molecule has 1 aliphatic carbocycles. The average molecular weight is 266 g/mol. The predicted molar refractivity (Wildman–Crippen MR) is 77.3 cm³/mol. The van der Waals surface area contributed by atoms with Crippen LogP contribution in [-0.2, 0) is 0 Å². The number of nitrogens with zero attached hydrogens (tertiary/aromatic N) is 3. The quantitative estimate of drug-likeness (QED) is 0.552. The monoisotopic (exact) mass is 266 g/mol. The van der Waals surface area contributed by atoms with Crippen LogP contribution in [0.5, 0.6) is 5.75 Å². The van der Waals surface area contributed by atoms with Gasteiger partial charge in [-0.1, -0.05) is 0 Å². The van der Waals surface area contributed by atoms with Crippen molar-refractivity contribution >= 4 is 16.7 Å². The molecule has 2 heterocycles. The third kappa shape index (κ3) is 1.63. The van der Waals surface area contributed by atoms with Gasteiger partial charge in [0.2, 0.25) is 0 Å². The van der Waals surface area contributed by atoms with Crippen LogP contribution < -0.4 is 5.73 Å². The molecule has 2 aromatic heterocycles. The zero-order valence-electron chi connectivity index (χ0n) is 10.8. The molecule has 0 bridgehead atoms. The van der Waals surface area contributed by atoms with Gasteiger partial charge in [-0.25, -0.2) is 4.98 Å². The maximum atomic E-state index is 9.81. The Morgan fingerprint density at radius 1 is 1.25 bits per heavy atom. The minimum Gasteiger partial charge on any atom is -0.506 e. The molecule has 5 heteroatoms. The van der Waals surface area contributed by atoms with E-state index in [1.807, 2.05) is 12.1 Å². The molecule has 0 spiro atoms. The number of hydrogen-bond acceptors (Lipinski definition) is 4. The van der Waals surface area contributed by atoms with Crippen LogP contribution in [0.3, 0.4) is 0 Å². The van der Waals surface area contributed by atoms with Crippen LogP contribution in [-0.4, -0.2) is 19.6 Å². The molecule has 20 heavy (non-hydrogen) atoms. The second-order valence-corrected chi connectivity index (χ2v) is 5.17. The van der Waals surface area contributed by atoms with Gasteiger partial charge in [0.15, 0.2) is 0 Å². The summed E-state index contributed by atoms with van der Waals surface area (Å²) in [4.78, 5) is 8.79. The summed E-state index contributed by atoms with van der Waals surface area (Å²) in [5.41, 5.74) is 8.89. The number of aromatic hydroxyl groups is 1. The number of rotatable bonds is 2.